The van der Waals surface area contributed by atoms with E-state index in [9.17, 15) is 9.59 Å². The summed E-state index contributed by atoms with van der Waals surface area (Å²) in [5.41, 5.74) is 2.28. The lowest BCUT2D eigenvalue weighted by molar-refractivity contribution is 0.0945. The van der Waals surface area contributed by atoms with Crippen molar-refractivity contribution in [3.63, 3.8) is 0 Å². The fourth-order valence-corrected chi connectivity index (χ4v) is 2.70. The van der Waals surface area contributed by atoms with Gasteiger partial charge in [0, 0.05) is 11.9 Å². The molecule has 1 amide bonds. The number of carbonyl (C=O) groups is 1. The topological polar surface area (TPSA) is 64.0 Å². The Bertz CT molecular complexity index is 972. The molecule has 128 valence electrons. The molecule has 0 unspecified atom stereocenters. The molecule has 1 N–H and O–H groups in total. The zero-order valence-electron chi connectivity index (χ0n) is 14.6. The molecule has 2 aromatic carbocycles. The van der Waals surface area contributed by atoms with Crippen LogP contribution in [0.2, 0.25) is 0 Å². The number of benzene rings is 2. The van der Waals surface area contributed by atoms with E-state index in [-0.39, 0.29) is 23.2 Å². The third-order valence-corrected chi connectivity index (χ3v) is 4.11. The molecule has 0 saturated heterocycles. The van der Waals surface area contributed by atoms with Crippen molar-refractivity contribution in [2.75, 3.05) is 0 Å². The summed E-state index contributed by atoms with van der Waals surface area (Å²) in [7, 11) is 0. The first kappa shape index (κ1) is 16.9. The van der Waals surface area contributed by atoms with Gasteiger partial charge in [0.2, 0.25) is 0 Å². The van der Waals surface area contributed by atoms with Gasteiger partial charge in [0.05, 0.1) is 11.4 Å². The first-order valence-corrected chi connectivity index (χ1v) is 8.32. The summed E-state index contributed by atoms with van der Waals surface area (Å²) in [4.78, 5) is 25.2. The van der Waals surface area contributed by atoms with Gasteiger partial charge in [-0.05, 0) is 32.4 Å². The summed E-state index contributed by atoms with van der Waals surface area (Å²) in [6.45, 7) is 6.18. The van der Waals surface area contributed by atoms with E-state index in [0.29, 0.717) is 17.3 Å². The van der Waals surface area contributed by atoms with Crippen molar-refractivity contribution in [2.24, 2.45) is 0 Å². The Morgan fingerprint density at radius 1 is 1.08 bits per heavy atom. The van der Waals surface area contributed by atoms with E-state index < -0.39 is 0 Å². The quantitative estimate of drug-likeness (QED) is 0.796. The van der Waals surface area contributed by atoms with E-state index in [1.807, 2.05) is 45.0 Å². The summed E-state index contributed by atoms with van der Waals surface area (Å²) >= 11 is 0. The molecule has 25 heavy (non-hydrogen) atoms. The molecular weight excluding hydrogens is 314 g/mol. The summed E-state index contributed by atoms with van der Waals surface area (Å²) in [6, 6.07) is 14.9. The number of hydrogen-bond donors (Lipinski definition) is 1. The molecule has 0 atom stereocenters. The average molecular weight is 335 g/mol. The largest absolute Gasteiger partial charge is 0.347 e. The first-order chi connectivity index (χ1) is 12.0. The summed E-state index contributed by atoms with van der Waals surface area (Å²) in [5, 5.41) is 8.30. The Hall–Kier alpha value is -2.95. The van der Waals surface area contributed by atoms with Crippen LogP contribution in [0.3, 0.4) is 0 Å². The molecule has 3 rings (SSSR count). The number of nitrogens with one attached hydrogen (secondary N) is 1. The van der Waals surface area contributed by atoms with Crippen LogP contribution in [-0.2, 0) is 6.54 Å². The number of carbonyl (C=O) groups excluding carboxylic acids is 1. The summed E-state index contributed by atoms with van der Waals surface area (Å²) in [5.74, 6) is -0.286. The zero-order valence-corrected chi connectivity index (χ0v) is 14.6. The molecule has 0 aliphatic carbocycles. The van der Waals surface area contributed by atoms with Crippen LogP contribution in [0.1, 0.15) is 41.5 Å². The molecule has 1 aromatic heterocycles. The third-order valence-electron chi connectivity index (χ3n) is 4.11. The zero-order chi connectivity index (χ0) is 18.0. The highest BCUT2D eigenvalue weighted by molar-refractivity contribution is 6.04. The Morgan fingerprint density at radius 3 is 2.36 bits per heavy atom. The van der Waals surface area contributed by atoms with Gasteiger partial charge in [-0.15, -0.1) is 0 Å². The molecule has 0 spiro atoms. The molecule has 1 heterocycles. The van der Waals surface area contributed by atoms with Crippen LogP contribution in [0.5, 0.6) is 0 Å². The SMILES string of the molecule is Cc1ccc(CNC(=O)c2nn(C(C)C)c(=O)c3ccccc23)cc1. The maximum absolute atomic E-state index is 12.7. The van der Waals surface area contributed by atoms with Crippen molar-refractivity contribution < 1.29 is 4.79 Å². The van der Waals surface area contributed by atoms with E-state index in [1.165, 1.54) is 10.2 Å². The van der Waals surface area contributed by atoms with Gasteiger partial charge >= 0.3 is 0 Å². The smallest absolute Gasteiger partial charge is 0.274 e. The van der Waals surface area contributed by atoms with Gasteiger partial charge in [0.25, 0.3) is 11.5 Å². The Balaban J connectivity index is 1.96. The predicted octanol–water partition coefficient (Wildman–Crippen LogP) is 3.22. The molecule has 0 bridgehead atoms. The Kier molecular flexibility index (Phi) is 4.65. The van der Waals surface area contributed by atoms with Crippen LogP contribution in [0.4, 0.5) is 0 Å². The van der Waals surface area contributed by atoms with Crippen molar-refractivity contribution in [3.8, 4) is 0 Å². The van der Waals surface area contributed by atoms with Gasteiger partial charge < -0.3 is 5.32 Å². The second kappa shape index (κ2) is 6.89. The van der Waals surface area contributed by atoms with Crippen molar-refractivity contribution in [1.82, 2.24) is 15.1 Å². The number of aryl methyl sites for hydroxylation is 1. The van der Waals surface area contributed by atoms with Gasteiger partial charge in [-0.25, -0.2) is 4.68 Å². The monoisotopic (exact) mass is 335 g/mol. The van der Waals surface area contributed by atoms with Crippen LogP contribution in [-0.4, -0.2) is 15.7 Å². The van der Waals surface area contributed by atoms with E-state index in [2.05, 4.69) is 10.4 Å². The molecule has 0 fully saturated rings. The van der Waals surface area contributed by atoms with Crippen LogP contribution >= 0.6 is 0 Å². The van der Waals surface area contributed by atoms with Crippen molar-refractivity contribution >= 4 is 16.7 Å². The number of nitrogens with zero attached hydrogens (tertiary/aromatic N) is 2. The van der Waals surface area contributed by atoms with Gasteiger partial charge in [-0.2, -0.15) is 5.10 Å². The van der Waals surface area contributed by atoms with Gasteiger partial charge in [0.15, 0.2) is 5.69 Å². The number of aromatic nitrogens is 2. The highest BCUT2D eigenvalue weighted by atomic mass is 16.2. The van der Waals surface area contributed by atoms with Gasteiger partial charge in [-0.3, -0.25) is 9.59 Å². The number of hydrogen-bond acceptors (Lipinski definition) is 3. The number of rotatable bonds is 4. The van der Waals surface area contributed by atoms with Crippen LogP contribution in [0.15, 0.2) is 53.3 Å². The molecule has 0 radical (unpaired) electrons. The lowest BCUT2D eigenvalue weighted by Gasteiger charge is -2.13. The molecule has 0 saturated carbocycles. The fourth-order valence-electron chi connectivity index (χ4n) is 2.70. The van der Waals surface area contributed by atoms with Crippen LogP contribution < -0.4 is 10.9 Å². The van der Waals surface area contributed by atoms with Crippen LogP contribution in [0.25, 0.3) is 10.8 Å². The molecule has 0 aliphatic heterocycles. The molecule has 3 aromatic rings. The minimum absolute atomic E-state index is 0.124. The third kappa shape index (κ3) is 3.45. The average Bonchev–Trinajstić information content (AvgIpc) is 2.61. The highest BCUT2D eigenvalue weighted by Gasteiger charge is 2.17. The maximum Gasteiger partial charge on any atom is 0.274 e. The van der Waals surface area contributed by atoms with Crippen LogP contribution in [0, 0.1) is 6.92 Å². The summed E-state index contributed by atoms with van der Waals surface area (Å²) in [6.07, 6.45) is 0. The number of fused-ring (bicyclic) bond motifs is 1. The standard InChI is InChI=1S/C20H21N3O2/c1-13(2)23-20(25)17-7-5-4-6-16(17)18(22-23)19(24)21-12-15-10-8-14(3)9-11-15/h4-11,13H,12H2,1-3H3,(H,21,24). The lowest BCUT2D eigenvalue weighted by atomic mass is 10.1. The lowest BCUT2D eigenvalue weighted by Crippen LogP contribution is -2.31. The molecular formula is C20H21N3O2. The van der Waals surface area contributed by atoms with Crippen molar-refractivity contribution in [1.29, 1.82) is 0 Å². The van der Waals surface area contributed by atoms with Gasteiger partial charge in [0.1, 0.15) is 0 Å². The van der Waals surface area contributed by atoms with Crippen molar-refractivity contribution in [3.05, 3.63) is 75.7 Å². The highest BCUT2D eigenvalue weighted by Crippen LogP contribution is 2.15. The van der Waals surface area contributed by atoms with Gasteiger partial charge in [-0.1, -0.05) is 48.0 Å². The van der Waals surface area contributed by atoms with E-state index in [4.69, 9.17) is 0 Å². The van der Waals surface area contributed by atoms with Crippen molar-refractivity contribution in [2.45, 2.75) is 33.4 Å². The predicted molar refractivity (Wildman–Crippen MR) is 98.7 cm³/mol. The minimum atomic E-state index is -0.286. The summed E-state index contributed by atoms with van der Waals surface area (Å²) < 4.78 is 1.36. The maximum atomic E-state index is 12.7. The van der Waals surface area contributed by atoms with E-state index >= 15 is 0 Å². The second-order valence-corrected chi connectivity index (χ2v) is 6.41. The Morgan fingerprint density at radius 2 is 1.72 bits per heavy atom. The molecule has 5 heteroatoms. The Labute approximate surface area is 146 Å². The first-order valence-electron chi connectivity index (χ1n) is 8.32. The minimum Gasteiger partial charge on any atom is -0.347 e. The normalized spacial score (nSPS) is 11.0. The molecule has 5 nitrogen and oxygen atoms in total. The molecule has 0 aliphatic rings. The number of amides is 1. The van der Waals surface area contributed by atoms with E-state index in [0.717, 1.165) is 5.56 Å². The fraction of sp³-hybridized carbons (Fsp3) is 0.250. The van der Waals surface area contributed by atoms with E-state index in [1.54, 1.807) is 24.3 Å². The second-order valence-electron chi connectivity index (χ2n) is 6.41.